The quantitative estimate of drug-likeness (QED) is 0.827. The number of anilines is 1. The topological polar surface area (TPSA) is 34.0 Å². The molecule has 0 bridgehead atoms. The van der Waals surface area contributed by atoms with E-state index in [1.54, 1.807) is 18.3 Å². The van der Waals surface area contributed by atoms with E-state index in [0.717, 1.165) is 0 Å². The molecule has 1 aromatic rings. The van der Waals surface area contributed by atoms with E-state index in [0.29, 0.717) is 12.1 Å². The first kappa shape index (κ1) is 10.2. The number of nitrogens with zero attached hydrogens (tertiary/aromatic N) is 1. The molecule has 15 heavy (non-hydrogen) atoms. The van der Waals surface area contributed by atoms with Crippen molar-refractivity contribution in [2.75, 3.05) is 5.32 Å². The van der Waals surface area contributed by atoms with Crippen molar-refractivity contribution in [2.24, 2.45) is 0 Å². The molecule has 1 unspecified atom stereocenters. The number of pyridine rings is 1. The van der Waals surface area contributed by atoms with E-state index in [4.69, 9.17) is 0 Å². The summed E-state index contributed by atoms with van der Waals surface area (Å²) in [5.74, 6) is 0. The molecular formula is C11H15FN2O. The van der Waals surface area contributed by atoms with Gasteiger partial charge in [-0.3, -0.25) is 4.79 Å². The molecule has 1 N–H and O–H groups in total. The minimum atomic E-state index is -0.850. The molecule has 1 heterocycles. The van der Waals surface area contributed by atoms with Crippen LogP contribution in [0.3, 0.4) is 0 Å². The van der Waals surface area contributed by atoms with E-state index in [9.17, 15) is 9.18 Å². The molecule has 1 aliphatic rings. The van der Waals surface area contributed by atoms with Crippen molar-refractivity contribution in [3.63, 3.8) is 0 Å². The zero-order valence-electron chi connectivity index (χ0n) is 8.90. The fourth-order valence-electron chi connectivity index (χ4n) is 1.63. The van der Waals surface area contributed by atoms with Crippen molar-refractivity contribution >= 4 is 5.69 Å². The largest absolute Gasteiger partial charge is 0.378 e. The van der Waals surface area contributed by atoms with Gasteiger partial charge in [0.15, 0.2) is 0 Å². The molecule has 2 atom stereocenters. The number of rotatable bonds is 3. The minimum absolute atomic E-state index is 0.128. The lowest BCUT2D eigenvalue weighted by molar-refractivity contribution is 0.438. The fourth-order valence-corrected chi connectivity index (χ4v) is 1.63. The van der Waals surface area contributed by atoms with Crippen molar-refractivity contribution in [3.8, 4) is 0 Å². The summed E-state index contributed by atoms with van der Waals surface area (Å²) >= 11 is 0. The van der Waals surface area contributed by atoms with Crippen LogP contribution < -0.4 is 10.9 Å². The zero-order valence-corrected chi connectivity index (χ0v) is 8.90. The number of hydrogen-bond donors (Lipinski definition) is 1. The molecule has 0 spiro atoms. The number of alkyl halides is 1. The number of hydrogen-bond acceptors (Lipinski definition) is 2. The third kappa shape index (κ3) is 2.03. The van der Waals surface area contributed by atoms with Gasteiger partial charge < -0.3 is 9.88 Å². The van der Waals surface area contributed by atoms with Crippen molar-refractivity contribution < 1.29 is 4.39 Å². The Labute approximate surface area is 87.9 Å². The van der Waals surface area contributed by atoms with Gasteiger partial charge in [0, 0.05) is 18.7 Å². The predicted molar refractivity (Wildman–Crippen MR) is 58.0 cm³/mol. The second-order valence-corrected chi connectivity index (χ2v) is 4.25. The number of aromatic nitrogens is 1. The highest BCUT2D eigenvalue weighted by atomic mass is 19.1. The molecule has 1 aliphatic carbocycles. The summed E-state index contributed by atoms with van der Waals surface area (Å²) in [6.07, 6.45) is 1.26. The summed E-state index contributed by atoms with van der Waals surface area (Å²) in [5.41, 5.74) is 0.419. The van der Waals surface area contributed by atoms with Crippen molar-refractivity contribution in [1.82, 2.24) is 4.57 Å². The molecule has 1 fully saturated rings. The molecule has 82 valence electrons. The Kier molecular flexibility index (Phi) is 2.50. The van der Waals surface area contributed by atoms with Crippen LogP contribution in [-0.4, -0.2) is 16.8 Å². The van der Waals surface area contributed by atoms with Gasteiger partial charge in [0.2, 0.25) is 0 Å². The van der Waals surface area contributed by atoms with Gasteiger partial charge in [0.25, 0.3) is 5.56 Å². The lowest BCUT2D eigenvalue weighted by Gasteiger charge is -2.11. The van der Waals surface area contributed by atoms with Crippen LogP contribution in [0.25, 0.3) is 0 Å². The van der Waals surface area contributed by atoms with E-state index >= 15 is 0 Å². The molecule has 2 rings (SSSR count). The monoisotopic (exact) mass is 210 g/mol. The normalized spacial score (nSPS) is 24.3. The lowest BCUT2D eigenvalue weighted by atomic mass is 10.3. The summed E-state index contributed by atoms with van der Waals surface area (Å²) in [7, 11) is 0. The highest BCUT2D eigenvalue weighted by molar-refractivity contribution is 5.41. The van der Waals surface area contributed by atoms with Crippen LogP contribution in [-0.2, 0) is 0 Å². The van der Waals surface area contributed by atoms with Crippen LogP contribution >= 0.6 is 0 Å². The third-order valence-electron chi connectivity index (χ3n) is 2.46. The number of nitrogens with one attached hydrogen (secondary N) is 1. The van der Waals surface area contributed by atoms with E-state index in [1.165, 1.54) is 4.57 Å². The highest BCUT2D eigenvalue weighted by Crippen LogP contribution is 2.37. The Hall–Kier alpha value is -1.32. The summed E-state index contributed by atoms with van der Waals surface area (Å²) in [6, 6.07) is 3.46. The molecule has 0 amide bonds. The predicted octanol–water partition coefficient (Wildman–Crippen LogP) is 1.95. The van der Waals surface area contributed by atoms with Gasteiger partial charge in [-0.15, -0.1) is 0 Å². The van der Waals surface area contributed by atoms with E-state index in [1.807, 2.05) is 13.8 Å². The first-order chi connectivity index (χ1) is 7.09. The molecule has 1 saturated carbocycles. The van der Waals surface area contributed by atoms with Crippen LogP contribution in [0, 0.1) is 0 Å². The third-order valence-corrected chi connectivity index (χ3v) is 2.46. The Bertz CT molecular complexity index is 413. The van der Waals surface area contributed by atoms with E-state index in [-0.39, 0.29) is 17.6 Å². The molecular weight excluding hydrogens is 195 g/mol. The number of halogens is 1. The lowest BCUT2D eigenvalue weighted by Crippen LogP contribution is -2.25. The smallest absolute Gasteiger partial charge is 0.274 e. The Morgan fingerprint density at radius 3 is 2.80 bits per heavy atom. The van der Waals surface area contributed by atoms with Crippen LogP contribution in [0.5, 0.6) is 0 Å². The van der Waals surface area contributed by atoms with Crippen molar-refractivity contribution in [1.29, 1.82) is 0 Å². The molecule has 0 saturated heterocycles. The Balaban J connectivity index is 2.30. The second kappa shape index (κ2) is 3.68. The second-order valence-electron chi connectivity index (χ2n) is 4.25. The minimum Gasteiger partial charge on any atom is -0.378 e. The van der Waals surface area contributed by atoms with Gasteiger partial charge in [0.05, 0.1) is 6.04 Å². The highest BCUT2D eigenvalue weighted by Gasteiger charge is 2.39. The summed E-state index contributed by atoms with van der Waals surface area (Å²) < 4.78 is 14.3. The maximum absolute atomic E-state index is 12.9. The van der Waals surface area contributed by atoms with Crippen LogP contribution in [0.2, 0.25) is 0 Å². The zero-order chi connectivity index (χ0) is 11.0. The van der Waals surface area contributed by atoms with Gasteiger partial charge in [-0.1, -0.05) is 0 Å². The van der Waals surface area contributed by atoms with Crippen molar-refractivity contribution in [3.05, 3.63) is 28.7 Å². The SMILES string of the molecule is CC(C)Nc1cccn([C@H]2CC2F)c1=O. The molecule has 0 aromatic carbocycles. The standard InChI is InChI=1S/C11H15FN2O/c1-7(2)13-9-4-3-5-14(11(9)15)10-6-8(10)12/h3-5,7-8,10,13H,6H2,1-2H3/t8?,10-/m0/s1. The maximum atomic E-state index is 12.9. The van der Waals surface area contributed by atoms with Gasteiger partial charge in [0.1, 0.15) is 11.9 Å². The van der Waals surface area contributed by atoms with Crippen molar-refractivity contribution in [2.45, 2.75) is 38.5 Å². The average molecular weight is 210 g/mol. The molecule has 4 heteroatoms. The molecule has 1 aromatic heterocycles. The molecule has 0 radical (unpaired) electrons. The first-order valence-electron chi connectivity index (χ1n) is 5.21. The van der Waals surface area contributed by atoms with E-state index < -0.39 is 6.17 Å². The van der Waals surface area contributed by atoms with Crippen LogP contribution in [0.15, 0.2) is 23.1 Å². The Morgan fingerprint density at radius 1 is 1.60 bits per heavy atom. The van der Waals surface area contributed by atoms with E-state index in [2.05, 4.69) is 5.32 Å². The van der Waals surface area contributed by atoms with Gasteiger partial charge >= 0.3 is 0 Å². The van der Waals surface area contributed by atoms with Gasteiger partial charge in [-0.05, 0) is 26.0 Å². The fraction of sp³-hybridized carbons (Fsp3) is 0.545. The maximum Gasteiger partial charge on any atom is 0.274 e. The summed E-state index contributed by atoms with van der Waals surface area (Å²) in [6.45, 7) is 3.93. The van der Waals surface area contributed by atoms with Crippen LogP contribution in [0.1, 0.15) is 26.3 Å². The van der Waals surface area contributed by atoms with Crippen LogP contribution in [0.4, 0.5) is 10.1 Å². The van der Waals surface area contributed by atoms with Gasteiger partial charge in [-0.25, -0.2) is 4.39 Å². The summed E-state index contributed by atoms with van der Waals surface area (Å²) in [5, 5.41) is 3.06. The average Bonchev–Trinajstić information content (AvgIpc) is 2.86. The molecule has 0 aliphatic heterocycles. The first-order valence-corrected chi connectivity index (χ1v) is 5.21. The summed E-state index contributed by atoms with van der Waals surface area (Å²) in [4.78, 5) is 11.9. The Morgan fingerprint density at radius 2 is 2.27 bits per heavy atom. The molecule has 3 nitrogen and oxygen atoms in total. The van der Waals surface area contributed by atoms with Gasteiger partial charge in [-0.2, -0.15) is 0 Å².